The van der Waals surface area contributed by atoms with Gasteiger partial charge in [-0.15, -0.1) is 0 Å². The van der Waals surface area contributed by atoms with E-state index >= 15 is 0 Å². The van der Waals surface area contributed by atoms with Gasteiger partial charge in [0.05, 0.1) is 0 Å². The summed E-state index contributed by atoms with van der Waals surface area (Å²) < 4.78 is 0. The number of rotatable bonds is 3. The van der Waals surface area contributed by atoms with E-state index in [0.29, 0.717) is 6.54 Å². The van der Waals surface area contributed by atoms with Crippen molar-refractivity contribution in [2.24, 2.45) is 5.73 Å². The maximum atomic E-state index is 5.78. The molecule has 0 aliphatic heterocycles. The van der Waals surface area contributed by atoms with E-state index in [1.54, 1.807) is 0 Å². The first-order chi connectivity index (χ1) is 5.33. The van der Waals surface area contributed by atoms with Gasteiger partial charge in [-0.3, -0.25) is 0 Å². The van der Waals surface area contributed by atoms with Crippen molar-refractivity contribution >= 4 is 11.6 Å². The summed E-state index contributed by atoms with van der Waals surface area (Å²) in [5, 5.41) is 0.785. The smallest absolute Gasteiger partial charge is 0.0408 e. The molecule has 0 aliphatic rings. The van der Waals surface area contributed by atoms with E-state index < -0.39 is 0 Å². The summed E-state index contributed by atoms with van der Waals surface area (Å²) in [7, 11) is 0. The van der Waals surface area contributed by atoms with Crippen LogP contribution in [0.15, 0.2) is 24.3 Å². The Hall–Kier alpha value is -0.530. The van der Waals surface area contributed by atoms with Crippen LogP contribution in [0.3, 0.4) is 0 Å². The van der Waals surface area contributed by atoms with Crippen LogP contribution in [0.5, 0.6) is 0 Å². The Balaban J connectivity index is 2.56. The molecule has 2 N–H and O–H groups in total. The minimum Gasteiger partial charge on any atom is -0.330 e. The van der Waals surface area contributed by atoms with Crippen molar-refractivity contribution in [1.82, 2.24) is 0 Å². The molecule has 11 heavy (non-hydrogen) atoms. The lowest BCUT2D eigenvalue weighted by Crippen LogP contribution is -2.01. The largest absolute Gasteiger partial charge is 0.330 e. The molecule has 1 aromatic rings. The Morgan fingerprint density at radius 2 is 2.27 bits per heavy atom. The van der Waals surface area contributed by atoms with E-state index in [1.165, 1.54) is 5.56 Å². The van der Waals surface area contributed by atoms with Crippen molar-refractivity contribution in [3.05, 3.63) is 41.3 Å². The molecule has 0 atom stereocenters. The van der Waals surface area contributed by atoms with Gasteiger partial charge in [-0.1, -0.05) is 23.7 Å². The second kappa shape index (κ2) is 4.37. The number of benzene rings is 1. The molecule has 0 saturated heterocycles. The van der Waals surface area contributed by atoms with Crippen molar-refractivity contribution in [2.75, 3.05) is 6.54 Å². The lowest BCUT2D eigenvalue weighted by molar-refractivity contribution is 1.03. The van der Waals surface area contributed by atoms with Crippen LogP contribution in [-0.2, 0) is 6.42 Å². The summed E-state index contributed by atoms with van der Waals surface area (Å²) in [4.78, 5) is 0. The van der Waals surface area contributed by atoms with Gasteiger partial charge in [-0.05, 0) is 37.1 Å². The Kier molecular flexibility index (Phi) is 3.40. The molecule has 1 aromatic carbocycles. The summed E-state index contributed by atoms with van der Waals surface area (Å²) in [6.45, 7) is 0.618. The zero-order valence-electron chi connectivity index (χ0n) is 6.26. The number of hydrogen-bond acceptors (Lipinski definition) is 1. The molecule has 0 aliphatic carbocycles. The maximum Gasteiger partial charge on any atom is 0.0408 e. The van der Waals surface area contributed by atoms with Crippen molar-refractivity contribution in [3.8, 4) is 0 Å². The van der Waals surface area contributed by atoms with Crippen molar-refractivity contribution in [2.45, 2.75) is 6.42 Å². The molecule has 0 amide bonds. The molecule has 59 valence electrons. The monoisotopic (exact) mass is 168 g/mol. The second-order valence-corrected chi connectivity index (χ2v) is 2.79. The molecule has 0 aromatic heterocycles. The van der Waals surface area contributed by atoms with Crippen LogP contribution in [0.25, 0.3) is 0 Å². The third-order valence-electron chi connectivity index (χ3n) is 1.44. The zero-order chi connectivity index (χ0) is 8.10. The molecule has 1 rings (SSSR count). The molecule has 0 unspecified atom stereocenters. The first kappa shape index (κ1) is 8.57. The second-order valence-electron chi connectivity index (χ2n) is 2.36. The number of halogens is 1. The van der Waals surface area contributed by atoms with Crippen molar-refractivity contribution in [1.29, 1.82) is 0 Å². The first-order valence-corrected chi connectivity index (χ1v) is 3.97. The summed E-state index contributed by atoms with van der Waals surface area (Å²) in [5.41, 5.74) is 6.54. The Morgan fingerprint density at radius 3 is 2.91 bits per heavy atom. The third-order valence-corrected chi connectivity index (χ3v) is 1.67. The average Bonchev–Trinajstić information content (AvgIpc) is 2.01. The average molecular weight is 169 g/mol. The van der Waals surface area contributed by atoms with E-state index in [4.69, 9.17) is 17.3 Å². The predicted octanol–water partition coefficient (Wildman–Crippen LogP) is 2.05. The number of hydrogen-bond donors (Lipinski definition) is 1. The summed E-state index contributed by atoms with van der Waals surface area (Å²) >= 11 is 5.78. The lowest BCUT2D eigenvalue weighted by Gasteiger charge is -1.98. The van der Waals surface area contributed by atoms with Crippen LogP contribution >= 0.6 is 11.6 Å². The van der Waals surface area contributed by atoms with Gasteiger partial charge in [-0.25, -0.2) is 0 Å². The highest BCUT2D eigenvalue weighted by Crippen LogP contribution is 2.11. The van der Waals surface area contributed by atoms with Crippen LogP contribution in [0.2, 0.25) is 5.02 Å². The Morgan fingerprint density at radius 1 is 1.45 bits per heavy atom. The molecule has 0 heterocycles. The van der Waals surface area contributed by atoms with E-state index in [9.17, 15) is 0 Å². The molecule has 2 heteroatoms. The van der Waals surface area contributed by atoms with Gasteiger partial charge in [0.2, 0.25) is 0 Å². The predicted molar refractivity (Wildman–Crippen MR) is 48.5 cm³/mol. The van der Waals surface area contributed by atoms with Gasteiger partial charge in [0, 0.05) is 5.02 Å². The topological polar surface area (TPSA) is 26.0 Å². The number of nitrogens with two attached hydrogens (primary N) is 1. The highest BCUT2D eigenvalue weighted by Gasteiger charge is 1.92. The fourth-order valence-corrected chi connectivity index (χ4v) is 1.13. The molecular formula is C9H11ClN. The van der Waals surface area contributed by atoms with Crippen molar-refractivity contribution in [3.63, 3.8) is 0 Å². The van der Waals surface area contributed by atoms with Gasteiger partial charge < -0.3 is 5.73 Å². The lowest BCUT2D eigenvalue weighted by atomic mass is 10.1. The molecule has 0 spiro atoms. The van der Waals surface area contributed by atoms with Gasteiger partial charge >= 0.3 is 0 Å². The molecule has 0 bridgehead atoms. The standard InChI is InChI=1S/C9H11ClN/c10-9-5-1-3-8(7-9)4-2-6-11/h1-3,5,7H,4,6,11H2. The fraction of sp³-hybridized carbons (Fsp3) is 0.222. The van der Waals surface area contributed by atoms with Gasteiger partial charge in [0.1, 0.15) is 0 Å². The molecule has 1 radical (unpaired) electrons. The van der Waals surface area contributed by atoms with E-state index in [2.05, 4.69) is 0 Å². The van der Waals surface area contributed by atoms with Crippen LogP contribution in [0.4, 0.5) is 0 Å². The summed E-state index contributed by atoms with van der Waals surface area (Å²) in [6, 6.07) is 7.81. The van der Waals surface area contributed by atoms with Crippen molar-refractivity contribution < 1.29 is 0 Å². The molecule has 0 fully saturated rings. The highest BCUT2D eigenvalue weighted by atomic mass is 35.5. The van der Waals surface area contributed by atoms with E-state index in [-0.39, 0.29) is 0 Å². The Labute approximate surface area is 72.2 Å². The third kappa shape index (κ3) is 2.91. The first-order valence-electron chi connectivity index (χ1n) is 3.59. The van der Waals surface area contributed by atoms with Gasteiger partial charge in [-0.2, -0.15) is 0 Å². The zero-order valence-corrected chi connectivity index (χ0v) is 7.01. The van der Waals surface area contributed by atoms with Crippen LogP contribution in [0.1, 0.15) is 5.56 Å². The quantitative estimate of drug-likeness (QED) is 0.735. The molecule has 0 saturated carbocycles. The van der Waals surface area contributed by atoms with E-state index in [0.717, 1.165) is 11.4 Å². The van der Waals surface area contributed by atoms with Crippen LogP contribution < -0.4 is 5.73 Å². The van der Waals surface area contributed by atoms with Gasteiger partial charge in [0.25, 0.3) is 0 Å². The minimum atomic E-state index is 0.618. The SMILES string of the molecule is NC[CH]Cc1cccc(Cl)c1. The fourth-order valence-electron chi connectivity index (χ4n) is 0.914. The molecular weight excluding hydrogens is 158 g/mol. The van der Waals surface area contributed by atoms with E-state index in [1.807, 2.05) is 30.7 Å². The highest BCUT2D eigenvalue weighted by molar-refractivity contribution is 6.30. The summed E-state index contributed by atoms with van der Waals surface area (Å²) in [5.74, 6) is 0. The Bertz CT molecular complexity index is 223. The minimum absolute atomic E-state index is 0.618. The maximum absolute atomic E-state index is 5.78. The van der Waals surface area contributed by atoms with Gasteiger partial charge in [0.15, 0.2) is 0 Å². The molecule has 1 nitrogen and oxygen atoms in total. The summed E-state index contributed by atoms with van der Waals surface area (Å²) in [6.07, 6.45) is 2.92. The normalized spacial score (nSPS) is 10.0. The van der Waals surface area contributed by atoms with Crippen LogP contribution in [0, 0.1) is 6.42 Å². The van der Waals surface area contributed by atoms with Crippen LogP contribution in [-0.4, -0.2) is 6.54 Å².